The molecule has 2 aromatic carbocycles. The quantitative estimate of drug-likeness (QED) is 0.448. The van der Waals surface area contributed by atoms with E-state index in [1.165, 1.54) is 54.4 Å². The lowest BCUT2D eigenvalue weighted by molar-refractivity contribution is -0.216. The molecule has 0 unspecified atom stereocenters. The molecule has 184 valence electrons. The normalized spacial score (nSPS) is 22.9. The van der Waals surface area contributed by atoms with E-state index >= 15 is 0 Å². The summed E-state index contributed by atoms with van der Waals surface area (Å²) in [5, 5.41) is 7.74. The number of fused-ring (bicyclic) bond motifs is 1. The number of halogens is 4. The molecular weight excluding hydrogens is 486 g/mol. The van der Waals surface area contributed by atoms with Crippen LogP contribution in [0.15, 0.2) is 42.5 Å². The largest absolute Gasteiger partial charge is 0.419 e. The maximum atomic E-state index is 14.4. The average molecular weight is 508 g/mol. The lowest BCUT2D eigenvalue weighted by atomic mass is 9.84. The molecule has 0 bridgehead atoms. The van der Waals surface area contributed by atoms with Crippen LogP contribution in [0.4, 0.5) is 33.2 Å². The fraction of sp³-hybridized carbons (Fsp3) is 0.348. The molecule has 1 saturated heterocycles. The molecule has 1 aromatic heterocycles. The monoisotopic (exact) mass is 507 g/mol. The van der Waals surface area contributed by atoms with Crippen molar-refractivity contribution in [1.82, 2.24) is 15.2 Å². The van der Waals surface area contributed by atoms with Crippen LogP contribution in [0, 0.1) is 11.7 Å². The predicted molar refractivity (Wildman–Crippen MR) is 124 cm³/mol. The Kier molecular flexibility index (Phi) is 5.67. The summed E-state index contributed by atoms with van der Waals surface area (Å²) in [5.74, 6) is -1.26. The second-order valence-corrected chi connectivity index (χ2v) is 9.77. The topological polar surface area (TPSA) is 86.4 Å². The van der Waals surface area contributed by atoms with Crippen molar-refractivity contribution in [3.8, 4) is 0 Å². The molecule has 1 aliphatic heterocycles. The highest BCUT2D eigenvalue weighted by atomic mass is 32.1. The van der Waals surface area contributed by atoms with Gasteiger partial charge in [-0.1, -0.05) is 17.4 Å². The zero-order valence-electron chi connectivity index (χ0n) is 18.4. The van der Waals surface area contributed by atoms with E-state index in [2.05, 4.69) is 20.9 Å². The lowest BCUT2D eigenvalue weighted by Gasteiger charge is -2.46. The molecule has 2 heterocycles. The Morgan fingerprint density at radius 1 is 1.17 bits per heavy atom. The number of thiazole rings is 1. The van der Waals surface area contributed by atoms with E-state index in [1.807, 2.05) is 0 Å². The number of carbonyl (C=O) groups is 2. The Morgan fingerprint density at radius 3 is 2.54 bits per heavy atom. The summed E-state index contributed by atoms with van der Waals surface area (Å²) in [6.07, 6.45) is -3.07. The Morgan fingerprint density at radius 2 is 1.89 bits per heavy atom. The fourth-order valence-corrected chi connectivity index (χ4v) is 5.36. The molecule has 3 amide bonds. The van der Waals surface area contributed by atoms with Gasteiger partial charge < -0.3 is 10.2 Å². The molecule has 3 N–H and O–H groups in total. The maximum Gasteiger partial charge on any atom is 0.419 e. The number of alkyl halides is 3. The zero-order chi connectivity index (χ0) is 25.0. The molecule has 1 aliphatic carbocycles. The molecule has 12 heteroatoms. The number of hydrogen-bond acceptors (Lipinski definition) is 5. The van der Waals surface area contributed by atoms with Gasteiger partial charge in [0.1, 0.15) is 5.82 Å². The first-order chi connectivity index (χ1) is 16.6. The van der Waals surface area contributed by atoms with Crippen LogP contribution in [-0.4, -0.2) is 47.6 Å². The summed E-state index contributed by atoms with van der Waals surface area (Å²) >= 11 is 0.980. The van der Waals surface area contributed by atoms with Gasteiger partial charge in [-0.15, -0.1) is 0 Å². The van der Waals surface area contributed by atoms with Crippen LogP contribution in [0.5, 0.6) is 0 Å². The first-order valence-corrected chi connectivity index (χ1v) is 11.7. The molecule has 0 radical (unpaired) electrons. The molecule has 1 saturated carbocycles. The molecular formula is C23H21F4N5O2S. The number of anilines is 2. The summed E-state index contributed by atoms with van der Waals surface area (Å²) in [6.45, 7) is 0.0451. The maximum absolute atomic E-state index is 14.4. The van der Waals surface area contributed by atoms with E-state index in [0.29, 0.717) is 15.9 Å². The standard InChI is InChI=1S/C23H21F4N5O2S/c1-32-17(12-2-3-12)11-28-22(19(32)33,23(25,26)27)13-4-9-16-18(10-13)35-21(30-16)31-20(34)29-15-7-5-14(24)6-8-15/h4-10,12,17,28H,2-3,11H2,1H3,(H2,29,30,31,34)/t17-,22-/m1/s1. The number of urea groups is 1. The Labute approximate surface area is 201 Å². The van der Waals surface area contributed by atoms with Gasteiger partial charge in [0.2, 0.25) is 5.54 Å². The van der Waals surface area contributed by atoms with Crippen molar-refractivity contribution in [3.05, 3.63) is 53.8 Å². The number of piperazine rings is 1. The van der Waals surface area contributed by atoms with Gasteiger partial charge in [-0.3, -0.25) is 15.4 Å². The van der Waals surface area contributed by atoms with E-state index in [-0.39, 0.29) is 29.2 Å². The molecule has 0 spiro atoms. The third-order valence-electron chi connectivity index (χ3n) is 6.45. The van der Waals surface area contributed by atoms with Gasteiger partial charge in [0.25, 0.3) is 5.91 Å². The van der Waals surface area contributed by atoms with Crippen molar-refractivity contribution in [2.75, 3.05) is 24.2 Å². The Bertz CT molecular complexity index is 1290. The molecule has 5 rings (SSSR count). The van der Waals surface area contributed by atoms with Crippen LogP contribution in [-0.2, 0) is 10.3 Å². The van der Waals surface area contributed by atoms with Crippen molar-refractivity contribution >= 4 is 44.3 Å². The van der Waals surface area contributed by atoms with Gasteiger partial charge in [0, 0.05) is 25.3 Å². The molecule has 7 nitrogen and oxygen atoms in total. The van der Waals surface area contributed by atoms with Gasteiger partial charge in [-0.05, 0) is 60.7 Å². The second kappa shape index (κ2) is 8.45. The number of amides is 3. The van der Waals surface area contributed by atoms with Crippen molar-refractivity contribution in [2.45, 2.75) is 30.6 Å². The van der Waals surface area contributed by atoms with Crippen LogP contribution in [0.2, 0.25) is 0 Å². The Hall–Kier alpha value is -3.25. The molecule has 2 aliphatic rings. The minimum Gasteiger partial charge on any atom is -0.339 e. The first kappa shape index (κ1) is 23.5. The fourth-order valence-electron chi connectivity index (χ4n) is 4.46. The molecule has 35 heavy (non-hydrogen) atoms. The Balaban J connectivity index is 1.41. The smallest absolute Gasteiger partial charge is 0.339 e. The SMILES string of the molecule is CN1C(=O)[C@](c2ccc3nc(NC(=O)Nc4ccc(F)cc4)sc3c2)(C(F)(F)F)NC[C@@H]1C1CC1. The van der Waals surface area contributed by atoms with E-state index in [1.54, 1.807) is 0 Å². The number of likely N-dealkylation sites (N-methyl/N-ethyl adjacent to an activating group) is 1. The van der Waals surface area contributed by atoms with Gasteiger partial charge in [0.05, 0.1) is 10.2 Å². The number of nitrogens with one attached hydrogen (secondary N) is 3. The number of rotatable bonds is 4. The van der Waals surface area contributed by atoms with E-state index in [4.69, 9.17) is 0 Å². The predicted octanol–water partition coefficient (Wildman–Crippen LogP) is 4.68. The van der Waals surface area contributed by atoms with E-state index in [9.17, 15) is 27.2 Å². The second-order valence-electron chi connectivity index (χ2n) is 8.74. The third-order valence-corrected chi connectivity index (χ3v) is 7.38. The molecule has 2 fully saturated rings. The molecule has 3 aromatic rings. The summed E-state index contributed by atoms with van der Waals surface area (Å²) < 4.78 is 56.7. The summed E-state index contributed by atoms with van der Waals surface area (Å²) in [7, 11) is 1.43. The first-order valence-electron chi connectivity index (χ1n) is 10.9. The average Bonchev–Trinajstić information content (AvgIpc) is 3.55. The molecule has 2 atom stereocenters. The lowest BCUT2D eigenvalue weighted by Crippen LogP contribution is -2.70. The number of hydrogen-bond donors (Lipinski definition) is 3. The van der Waals surface area contributed by atoms with Crippen LogP contribution in [0.25, 0.3) is 10.2 Å². The number of benzene rings is 2. The summed E-state index contributed by atoms with van der Waals surface area (Å²) in [6, 6.07) is 8.18. The third kappa shape index (κ3) is 4.20. The minimum atomic E-state index is -4.87. The number of nitrogens with zero attached hydrogens (tertiary/aromatic N) is 2. The van der Waals surface area contributed by atoms with E-state index in [0.717, 1.165) is 24.2 Å². The highest BCUT2D eigenvalue weighted by Gasteiger charge is 2.65. The zero-order valence-corrected chi connectivity index (χ0v) is 19.3. The van der Waals surface area contributed by atoms with Crippen molar-refractivity contribution in [3.63, 3.8) is 0 Å². The van der Waals surface area contributed by atoms with Gasteiger partial charge in [-0.2, -0.15) is 13.2 Å². The van der Waals surface area contributed by atoms with E-state index < -0.39 is 29.5 Å². The highest BCUT2D eigenvalue weighted by molar-refractivity contribution is 7.22. The van der Waals surface area contributed by atoms with Gasteiger partial charge in [0.15, 0.2) is 5.13 Å². The van der Waals surface area contributed by atoms with Crippen LogP contribution in [0.1, 0.15) is 18.4 Å². The van der Waals surface area contributed by atoms with Crippen molar-refractivity contribution in [1.29, 1.82) is 0 Å². The number of aromatic nitrogens is 1. The van der Waals surface area contributed by atoms with Crippen molar-refractivity contribution in [2.24, 2.45) is 5.92 Å². The summed E-state index contributed by atoms with van der Waals surface area (Å²) in [5.41, 5.74) is -2.36. The number of carbonyl (C=O) groups excluding carboxylic acids is 2. The van der Waals surface area contributed by atoms with Crippen LogP contribution in [0.3, 0.4) is 0 Å². The van der Waals surface area contributed by atoms with Crippen LogP contribution < -0.4 is 16.0 Å². The minimum absolute atomic E-state index is 0.0451. The highest BCUT2D eigenvalue weighted by Crippen LogP contribution is 2.46. The van der Waals surface area contributed by atoms with Crippen molar-refractivity contribution < 1.29 is 27.2 Å². The summed E-state index contributed by atoms with van der Waals surface area (Å²) in [4.78, 5) is 30.9. The van der Waals surface area contributed by atoms with Gasteiger partial charge in [-0.25, -0.2) is 14.2 Å². The van der Waals surface area contributed by atoms with Crippen LogP contribution >= 0.6 is 11.3 Å². The van der Waals surface area contributed by atoms with Gasteiger partial charge >= 0.3 is 12.2 Å².